The zero-order chi connectivity index (χ0) is 20.9. The van der Waals surface area contributed by atoms with Crippen LogP contribution in [-0.4, -0.2) is 47.3 Å². The molecular formula is C21H28N4O4. The third-order valence-electron chi connectivity index (χ3n) is 5.62. The molecule has 0 bridgehead atoms. The van der Waals surface area contributed by atoms with Gasteiger partial charge in [-0.2, -0.15) is 0 Å². The van der Waals surface area contributed by atoms with Gasteiger partial charge in [0.05, 0.1) is 6.54 Å². The van der Waals surface area contributed by atoms with Gasteiger partial charge in [-0.15, -0.1) is 0 Å². The van der Waals surface area contributed by atoms with E-state index in [0.29, 0.717) is 18.5 Å². The van der Waals surface area contributed by atoms with E-state index in [9.17, 15) is 19.2 Å². The molecule has 1 heterocycles. The van der Waals surface area contributed by atoms with Gasteiger partial charge in [0.15, 0.2) is 0 Å². The van der Waals surface area contributed by atoms with Crippen molar-refractivity contribution in [1.82, 2.24) is 15.5 Å². The average Bonchev–Trinajstić information content (AvgIpc) is 2.87. The summed E-state index contributed by atoms with van der Waals surface area (Å²) < 4.78 is 0. The summed E-state index contributed by atoms with van der Waals surface area (Å²) in [5.74, 6) is -1.24. The van der Waals surface area contributed by atoms with Crippen LogP contribution in [-0.2, 0) is 20.8 Å². The number of aryl methyl sites for hydroxylation is 1. The number of hydrogen-bond donors (Lipinski definition) is 3. The third kappa shape index (κ3) is 4.75. The van der Waals surface area contributed by atoms with Gasteiger partial charge in [-0.05, 0) is 30.9 Å². The Hall–Kier alpha value is -2.90. The zero-order valence-electron chi connectivity index (χ0n) is 16.8. The van der Waals surface area contributed by atoms with Crippen LogP contribution in [0, 0.1) is 0 Å². The van der Waals surface area contributed by atoms with Crippen molar-refractivity contribution in [3.63, 3.8) is 0 Å². The van der Waals surface area contributed by atoms with Crippen molar-refractivity contribution >= 4 is 29.4 Å². The first-order valence-electron chi connectivity index (χ1n) is 10.2. The lowest BCUT2D eigenvalue weighted by atomic mass is 9.90. The highest BCUT2D eigenvalue weighted by atomic mass is 16.2. The smallest absolute Gasteiger partial charge is 0.325 e. The van der Waals surface area contributed by atoms with Crippen LogP contribution in [0.15, 0.2) is 24.3 Å². The molecule has 1 saturated heterocycles. The maximum Gasteiger partial charge on any atom is 0.325 e. The molecule has 0 radical (unpaired) electrons. The van der Waals surface area contributed by atoms with Crippen molar-refractivity contribution in [2.24, 2.45) is 0 Å². The SMILES string of the molecule is CCc1ccccc1NC(=O)CNC(=O)CN1C(=O)NC2(CCCCCC2)C1=O. The van der Waals surface area contributed by atoms with Gasteiger partial charge in [-0.1, -0.05) is 50.8 Å². The van der Waals surface area contributed by atoms with Crippen LogP contribution in [0.1, 0.15) is 51.0 Å². The van der Waals surface area contributed by atoms with Crippen LogP contribution in [0.2, 0.25) is 0 Å². The average molecular weight is 400 g/mol. The zero-order valence-corrected chi connectivity index (χ0v) is 16.8. The van der Waals surface area contributed by atoms with Crippen molar-refractivity contribution in [3.05, 3.63) is 29.8 Å². The van der Waals surface area contributed by atoms with Crippen LogP contribution in [0.25, 0.3) is 0 Å². The van der Waals surface area contributed by atoms with Crippen LogP contribution in [0.4, 0.5) is 10.5 Å². The summed E-state index contributed by atoms with van der Waals surface area (Å²) >= 11 is 0. The number of urea groups is 1. The summed E-state index contributed by atoms with van der Waals surface area (Å²) in [4.78, 5) is 50.5. The molecule has 3 N–H and O–H groups in total. The first kappa shape index (κ1) is 20.8. The van der Waals surface area contributed by atoms with Crippen molar-refractivity contribution in [2.75, 3.05) is 18.4 Å². The van der Waals surface area contributed by atoms with Crippen molar-refractivity contribution in [2.45, 2.75) is 57.4 Å². The fourth-order valence-electron chi connectivity index (χ4n) is 4.01. The normalized spacial score (nSPS) is 18.3. The Bertz CT molecular complexity index is 800. The van der Waals surface area contributed by atoms with Crippen molar-refractivity contribution in [3.8, 4) is 0 Å². The number of hydrogen-bond acceptors (Lipinski definition) is 4. The second-order valence-electron chi connectivity index (χ2n) is 7.65. The molecule has 1 saturated carbocycles. The Morgan fingerprint density at radius 1 is 1.07 bits per heavy atom. The molecular weight excluding hydrogens is 372 g/mol. The van der Waals surface area contributed by atoms with E-state index in [1.807, 2.05) is 25.1 Å². The minimum Gasteiger partial charge on any atom is -0.345 e. The fourth-order valence-corrected chi connectivity index (χ4v) is 4.01. The summed E-state index contributed by atoms with van der Waals surface area (Å²) in [6.45, 7) is 1.38. The van der Waals surface area contributed by atoms with Crippen LogP contribution < -0.4 is 16.0 Å². The van der Waals surface area contributed by atoms with E-state index >= 15 is 0 Å². The lowest BCUT2D eigenvalue weighted by Crippen LogP contribution is -2.47. The van der Waals surface area contributed by atoms with Gasteiger partial charge in [0.2, 0.25) is 11.8 Å². The standard InChI is InChI=1S/C21H28N4O4/c1-2-15-9-5-6-10-16(15)23-17(26)13-22-18(27)14-25-19(28)21(24-20(25)29)11-7-3-4-8-12-21/h5-6,9-10H,2-4,7-8,11-14H2,1H3,(H,22,27)(H,23,26)(H,24,29). The van der Waals surface area contributed by atoms with E-state index < -0.39 is 17.5 Å². The minimum absolute atomic E-state index is 0.230. The number of rotatable bonds is 6. The number of anilines is 1. The summed E-state index contributed by atoms with van der Waals surface area (Å²) in [5, 5.41) is 8.06. The lowest BCUT2D eigenvalue weighted by Gasteiger charge is -2.24. The van der Waals surface area contributed by atoms with Gasteiger partial charge in [0.25, 0.3) is 5.91 Å². The summed E-state index contributed by atoms with van der Waals surface area (Å²) in [6, 6.07) is 6.92. The third-order valence-corrected chi connectivity index (χ3v) is 5.62. The summed E-state index contributed by atoms with van der Waals surface area (Å²) in [5.41, 5.74) is 0.841. The highest BCUT2D eigenvalue weighted by Crippen LogP contribution is 2.32. The van der Waals surface area contributed by atoms with Gasteiger partial charge < -0.3 is 16.0 Å². The first-order chi connectivity index (χ1) is 13.9. The monoisotopic (exact) mass is 400 g/mol. The Balaban J connectivity index is 1.52. The van der Waals surface area contributed by atoms with Crippen molar-refractivity contribution < 1.29 is 19.2 Å². The van der Waals surface area contributed by atoms with Crippen molar-refractivity contribution in [1.29, 1.82) is 0 Å². The molecule has 2 fully saturated rings. The Morgan fingerprint density at radius 2 is 1.76 bits per heavy atom. The van der Waals surface area contributed by atoms with Gasteiger partial charge >= 0.3 is 6.03 Å². The first-order valence-corrected chi connectivity index (χ1v) is 10.2. The topological polar surface area (TPSA) is 108 Å². The number of carbonyl (C=O) groups is 4. The number of imide groups is 1. The van der Waals surface area contributed by atoms with Gasteiger partial charge in [0, 0.05) is 5.69 Å². The largest absolute Gasteiger partial charge is 0.345 e. The molecule has 8 heteroatoms. The maximum atomic E-state index is 12.8. The number of carbonyl (C=O) groups excluding carboxylic acids is 4. The fraction of sp³-hybridized carbons (Fsp3) is 0.524. The minimum atomic E-state index is -0.866. The highest BCUT2D eigenvalue weighted by Gasteiger charge is 2.51. The predicted molar refractivity (Wildman–Crippen MR) is 108 cm³/mol. The quantitative estimate of drug-likeness (QED) is 0.634. The number of nitrogens with one attached hydrogen (secondary N) is 3. The molecule has 1 spiro atoms. The molecule has 0 atom stereocenters. The molecule has 1 aromatic carbocycles. The maximum absolute atomic E-state index is 12.8. The molecule has 2 aliphatic rings. The molecule has 8 nitrogen and oxygen atoms in total. The molecule has 1 aliphatic heterocycles. The summed E-state index contributed by atoms with van der Waals surface area (Å²) in [6.07, 6.45) is 5.83. The molecule has 5 amide bonds. The van der Waals surface area contributed by atoms with E-state index in [-0.39, 0.29) is 24.9 Å². The molecule has 0 unspecified atom stereocenters. The Morgan fingerprint density at radius 3 is 2.45 bits per heavy atom. The highest BCUT2D eigenvalue weighted by molar-refractivity contribution is 6.09. The molecule has 0 aromatic heterocycles. The van der Waals surface area contributed by atoms with E-state index in [0.717, 1.165) is 42.6 Å². The van der Waals surface area contributed by atoms with Gasteiger partial charge in [0.1, 0.15) is 12.1 Å². The summed E-state index contributed by atoms with van der Waals surface area (Å²) in [7, 11) is 0. The van der Waals surface area contributed by atoms with E-state index in [4.69, 9.17) is 0 Å². The van der Waals surface area contributed by atoms with E-state index in [2.05, 4.69) is 16.0 Å². The molecule has 3 rings (SSSR count). The van der Waals surface area contributed by atoms with Crippen LogP contribution in [0.3, 0.4) is 0 Å². The number of benzene rings is 1. The van der Waals surface area contributed by atoms with Gasteiger partial charge in [-0.25, -0.2) is 4.79 Å². The second-order valence-corrected chi connectivity index (χ2v) is 7.65. The molecule has 1 aliphatic carbocycles. The van der Waals surface area contributed by atoms with E-state index in [1.165, 1.54) is 0 Å². The van der Waals surface area contributed by atoms with Crippen LogP contribution >= 0.6 is 0 Å². The molecule has 1 aromatic rings. The molecule has 156 valence electrons. The van der Waals surface area contributed by atoms with Gasteiger partial charge in [-0.3, -0.25) is 19.3 Å². The predicted octanol–water partition coefficient (Wildman–Crippen LogP) is 1.95. The van der Waals surface area contributed by atoms with Crippen LogP contribution in [0.5, 0.6) is 0 Å². The molecule has 29 heavy (non-hydrogen) atoms. The van der Waals surface area contributed by atoms with E-state index in [1.54, 1.807) is 6.07 Å². The number of para-hydroxylation sites is 1. The lowest BCUT2D eigenvalue weighted by molar-refractivity contribution is -0.135. The Labute approximate surface area is 170 Å². The number of amides is 5. The second kappa shape index (κ2) is 9.07. The Kier molecular flexibility index (Phi) is 6.51. The number of nitrogens with zero attached hydrogens (tertiary/aromatic N) is 1.